The molecule has 18 heavy (non-hydrogen) atoms. The van der Waals surface area contributed by atoms with Crippen molar-refractivity contribution in [2.24, 2.45) is 0 Å². The van der Waals surface area contributed by atoms with Crippen molar-refractivity contribution in [1.29, 1.82) is 0 Å². The molecule has 1 aliphatic carbocycles. The lowest BCUT2D eigenvalue weighted by Gasteiger charge is -2.04. The number of allylic oxidation sites excluding steroid dienone is 1. The van der Waals surface area contributed by atoms with Gasteiger partial charge in [0, 0.05) is 30.5 Å². The van der Waals surface area contributed by atoms with E-state index in [-0.39, 0.29) is 5.91 Å². The van der Waals surface area contributed by atoms with Gasteiger partial charge in [-0.05, 0) is 23.6 Å². The Labute approximate surface area is 107 Å². The Kier molecular flexibility index (Phi) is 2.82. The highest BCUT2D eigenvalue weighted by molar-refractivity contribution is 5.76. The summed E-state index contributed by atoms with van der Waals surface area (Å²) in [5, 5.41) is 2.83. The highest BCUT2D eigenvalue weighted by atomic mass is 16.5. The summed E-state index contributed by atoms with van der Waals surface area (Å²) in [6.07, 6.45) is 4.48. The number of hydrogen-bond acceptors (Lipinski definition) is 2. The van der Waals surface area contributed by atoms with Crippen molar-refractivity contribution in [3.63, 3.8) is 0 Å². The van der Waals surface area contributed by atoms with E-state index in [9.17, 15) is 4.79 Å². The van der Waals surface area contributed by atoms with Crippen LogP contribution in [0.25, 0.3) is 0 Å². The predicted octanol–water partition coefficient (Wildman–Crippen LogP) is 2.52. The zero-order valence-electron chi connectivity index (χ0n) is 10.5. The Balaban J connectivity index is 1.75. The molecule has 1 saturated carbocycles. The van der Waals surface area contributed by atoms with Gasteiger partial charge >= 0.3 is 0 Å². The molecule has 0 saturated heterocycles. The monoisotopic (exact) mass is 243 g/mol. The van der Waals surface area contributed by atoms with Crippen LogP contribution in [0.2, 0.25) is 0 Å². The third kappa shape index (κ3) is 2.01. The second kappa shape index (κ2) is 4.48. The van der Waals surface area contributed by atoms with Crippen molar-refractivity contribution in [3.8, 4) is 5.75 Å². The fourth-order valence-corrected chi connectivity index (χ4v) is 2.50. The van der Waals surface area contributed by atoms with Crippen LogP contribution >= 0.6 is 0 Å². The lowest BCUT2D eigenvalue weighted by molar-refractivity contribution is -0.119. The average molecular weight is 243 g/mol. The second-order valence-corrected chi connectivity index (χ2v) is 4.82. The minimum atomic E-state index is 0.0785. The summed E-state index contributed by atoms with van der Waals surface area (Å²) in [4.78, 5) is 11.2. The first-order chi connectivity index (χ1) is 8.79. The largest absolute Gasteiger partial charge is 0.493 e. The van der Waals surface area contributed by atoms with Gasteiger partial charge < -0.3 is 10.1 Å². The average Bonchev–Trinajstić information content (AvgIpc) is 3.00. The molecule has 1 heterocycles. The molecule has 1 aliphatic heterocycles. The number of nitrogens with one attached hydrogen (secondary N) is 1. The van der Waals surface area contributed by atoms with Crippen molar-refractivity contribution < 1.29 is 9.53 Å². The van der Waals surface area contributed by atoms with Gasteiger partial charge in [-0.1, -0.05) is 19.1 Å². The first kappa shape index (κ1) is 11.3. The first-order valence-corrected chi connectivity index (χ1v) is 6.52. The molecule has 3 heteroatoms. The van der Waals surface area contributed by atoms with Gasteiger partial charge in [0.15, 0.2) is 0 Å². The molecule has 3 nitrogen and oxygen atoms in total. The Hall–Kier alpha value is -1.77. The number of amides is 1. The van der Waals surface area contributed by atoms with Crippen LogP contribution < -0.4 is 10.1 Å². The molecule has 3 rings (SSSR count). The smallest absolute Gasteiger partial charge is 0.223 e. The van der Waals surface area contributed by atoms with Gasteiger partial charge in [0.1, 0.15) is 5.75 Å². The maximum absolute atomic E-state index is 11.2. The molecule has 0 spiro atoms. The number of carbonyl (C=O) groups excluding carboxylic acids is 1. The van der Waals surface area contributed by atoms with E-state index in [1.165, 1.54) is 16.7 Å². The highest BCUT2D eigenvalue weighted by Gasteiger charge is 2.34. The van der Waals surface area contributed by atoms with Gasteiger partial charge in [-0.2, -0.15) is 0 Å². The van der Waals surface area contributed by atoms with Crippen LogP contribution in [0.5, 0.6) is 5.75 Å². The van der Waals surface area contributed by atoms with E-state index in [0.29, 0.717) is 12.3 Å². The molecule has 1 fully saturated rings. The summed E-state index contributed by atoms with van der Waals surface area (Å²) < 4.78 is 5.58. The van der Waals surface area contributed by atoms with E-state index in [2.05, 4.69) is 17.4 Å². The zero-order valence-corrected chi connectivity index (χ0v) is 10.5. The van der Waals surface area contributed by atoms with E-state index < -0.39 is 0 Å². The van der Waals surface area contributed by atoms with Crippen molar-refractivity contribution >= 4 is 5.91 Å². The Bertz CT molecular complexity index is 519. The SMILES string of the molecule is CCC(=O)NC=C1CC1c1cccc2c1CCO2. The standard InChI is InChI=1S/C15H17NO2/c1-2-15(17)16-9-10-8-13(10)11-4-3-5-14-12(11)6-7-18-14/h3-5,9,13H,2,6-8H2,1H3,(H,16,17). The minimum absolute atomic E-state index is 0.0785. The predicted molar refractivity (Wildman–Crippen MR) is 69.5 cm³/mol. The molecule has 1 N–H and O–H groups in total. The van der Waals surface area contributed by atoms with Crippen molar-refractivity contribution in [1.82, 2.24) is 5.32 Å². The molecule has 0 bridgehead atoms. The van der Waals surface area contributed by atoms with Gasteiger partial charge in [0.05, 0.1) is 6.61 Å². The van der Waals surface area contributed by atoms with Crippen LogP contribution in [0.15, 0.2) is 30.0 Å². The number of ether oxygens (including phenoxy) is 1. The van der Waals surface area contributed by atoms with Crippen LogP contribution in [-0.2, 0) is 11.2 Å². The maximum Gasteiger partial charge on any atom is 0.223 e. The topological polar surface area (TPSA) is 38.3 Å². The first-order valence-electron chi connectivity index (χ1n) is 6.52. The van der Waals surface area contributed by atoms with Gasteiger partial charge in [0.25, 0.3) is 0 Å². The number of benzene rings is 1. The molecule has 94 valence electrons. The normalized spacial score (nSPS) is 22.5. The molecule has 1 aromatic rings. The lowest BCUT2D eigenvalue weighted by atomic mass is 10.0. The van der Waals surface area contributed by atoms with Crippen LogP contribution in [-0.4, -0.2) is 12.5 Å². The molecule has 1 amide bonds. The van der Waals surface area contributed by atoms with Crippen LogP contribution in [0.3, 0.4) is 0 Å². The Morgan fingerprint density at radius 1 is 1.56 bits per heavy atom. The van der Waals surface area contributed by atoms with Crippen LogP contribution in [0, 0.1) is 0 Å². The van der Waals surface area contributed by atoms with Crippen molar-refractivity contribution in [3.05, 3.63) is 41.1 Å². The molecule has 0 aromatic heterocycles. The van der Waals surface area contributed by atoms with Crippen LogP contribution in [0.1, 0.15) is 36.8 Å². The zero-order chi connectivity index (χ0) is 12.5. The molecule has 1 atom stereocenters. The third-order valence-electron chi connectivity index (χ3n) is 3.62. The molecule has 2 aliphatic rings. The Morgan fingerprint density at radius 3 is 3.28 bits per heavy atom. The van der Waals surface area contributed by atoms with Crippen molar-refractivity contribution in [2.45, 2.75) is 32.1 Å². The van der Waals surface area contributed by atoms with E-state index >= 15 is 0 Å². The fraction of sp³-hybridized carbons (Fsp3) is 0.400. The second-order valence-electron chi connectivity index (χ2n) is 4.82. The van der Waals surface area contributed by atoms with Gasteiger partial charge in [-0.25, -0.2) is 0 Å². The third-order valence-corrected chi connectivity index (χ3v) is 3.62. The quantitative estimate of drug-likeness (QED) is 0.886. The van der Waals surface area contributed by atoms with E-state index in [1.54, 1.807) is 0 Å². The molecular formula is C15H17NO2. The number of fused-ring (bicyclic) bond motifs is 1. The fourth-order valence-electron chi connectivity index (χ4n) is 2.50. The van der Waals surface area contributed by atoms with E-state index in [1.807, 2.05) is 19.2 Å². The summed E-state index contributed by atoms with van der Waals surface area (Å²) >= 11 is 0. The number of hydrogen-bond donors (Lipinski definition) is 1. The van der Waals surface area contributed by atoms with Crippen molar-refractivity contribution in [2.75, 3.05) is 6.61 Å². The molecular weight excluding hydrogens is 226 g/mol. The summed E-state index contributed by atoms with van der Waals surface area (Å²) in [6.45, 7) is 2.66. The minimum Gasteiger partial charge on any atom is -0.493 e. The molecule has 1 aromatic carbocycles. The lowest BCUT2D eigenvalue weighted by Crippen LogP contribution is -2.14. The van der Waals surface area contributed by atoms with Gasteiger partial charge in [0.2, 0.25) is 5.91 Å². The number of carbonyl (C=O) groups is 1. The van der Waals surface area contributed by atoms with Gasteiger partial charge in [-0.3, -0.25) is 4.79 Å². The number of rotatable bonds is 3. The molecule has 0 radical (unpaired) electrons. The van der Waals surface area contributed by atoms with E-state index in [4.69, 9.17) is 4.74 Å². The summed E-state index contributed by atoms with van der Waals surface area (Å²) in [5.41, 5.74) is 4.05. The molecule has 1 unspecified atom stereocenters. The van der Waals surface area contributed by atoms with Crippen LogP contribution in [0.4, 0.5) is 0 Å². The highest BCUT2D eigenvalue weighted by Crippen LogP contribution is 2.49. The Morgan fingerprint density at radius 2 is 2.44 bits per heavy atom. The summed E-state index contributed by atoms with van der Waals surface area (Å²) in [5.74, 6) is 1.60. The van der Waals surface area contributed by atoms with Gasteiger partial charge in [-0.15, -0.1) is 0 Å². The summed E-state index contributed by atoms with van der Waals surface area (Å²) in [7, 11) is 0. The van der Waals surface area contributed by atoms with E-state index in [0.717, 1.165) is 25.2 Å². The maximum atomic E-state index is 11.2. The summed E-state index contributed by atoms with van der Waals surface area (Å²) in [6, 6.07) is 6.27.